The van der Waals surface area contributed by atoms with Gasteiger partial charge < -0.3 is 9.64 Å². The minimum Gasteiger partial charge on any atom is -0.378 e. The summed E-state index contributed by atoms with van der Waals surface area (Å²) in [4.78, 5) is 6.85. The molecule has 3 unspecified atom stereocenters. The highest BCUT2D eigenvalue weighted by Gasteiger charge is 2.34. The van der Waals surface area contributed by atoms with Crippen LogP contribution < -0.4 is 4.90 Å². The van der Waals surface area contributed by atoms with Crippen molar-refractivity contribution in [2.45, 2.75) is 38.7 Å². The lowest BCUT2D eigenvalue weighted by molar-refractivity contribution is -0.0640. The van der Waals surface area contributed by atoms with Crippen molar-refractivity contribution in [1.29, 1.82) is 0 Å². The van der Waals surface area contributed by atoms with E-state index in [4.69, 9.17) is 16.3 Å². The molecular formula is C22H29ClN2O. The fraction of sp³-hybridized carbons (Fsp3) is 0.591. The molecular weight excluding hydrogens is 344 g/mol. The molecule has 1 aromatic heterocycles. The van der Waals surface area contributed by atoms with Crippen LogP contribution in [0.3, 0.4) is 0 Å². The van der Waals surface area contributed by atoms with Crippen molar-refractivity contribution >= 4 is 17.4 Å². The zero-order chi connectivity index (χ0) is 17.9. The molecule has 0 aromatic carbocycles. The number of rotatable bonds is 5. The van der Waals surface area contributed by atoms with E-state index >= 15 is 0 Å². The van der Waals surface area contributed by atoms with Gasteiger partial charge in [-0.2, -0.15) is 0 Å². The van der Waals surface area contributed by atoms with Gasteiger partial charge in [-0.05, 0) is 61.5 Å². The van der Waals surface area contributed by atoms with Crippen LogP contribution in [0.5, 0.6) is 0 Å². The smallest absolute Gasteiger partial charge is 0.131 e. The lowest BCUT2D eigenvalue weighted by Gasteiger charge is -2.41. The summed E-state index contributed by atoms with van der Waals surface area (Å²) in [5.74, 6) is 3.77. The second-order valence-corrected chi connectivity index (χ2v) is 8.42. The third kappa shape index (κ3) is 3.99. The maximum Gasteiger partial charge on any atom is 0.131 e. The molecule has 0 bridgehead atoms. The van der Waals surface area contributed by atoms with Crippen LogP contribution in [0.25, 0.3) is 0 Å². The first-order chi connectivity index (χ1) is 12.7. The van der Waals surface area contributed by atoms with Crippen molar-refractivity contribution in [2.75, 3.05) is 24.6 Å². The Labute approximate surface area is 162 Å². The predicted octanol–water partition coefficient (Wildman–Crippen LogP) is 5.12. The quantitative estimate of drug-likeness (QED) is 0.670. The van der Waals surface area contributed by atoms with Gasteiger partial charge in [-0.25, -0.2) is 4.98 Å². The third-order valence-corrected chi connectivity index (χ3v) is 6.75. The molecule has 3 aliphatic rings. The van der Waals surface area contributed by atoms with E-state index in [9.17, 15) is 0 Å². The van der Waals surface area contributed by atoms with Crippen molar-refractivity contribution in [3.8, 4) is 0 Å². The van der Waals surface area contributed by atoms with Crippen LogP contribution in [0.2, 0.25) is 5.15 Å². The molecule has 2 fully saturated rings. The van der Waals surface area contributed by atoms with Crippen LogP contribution in [0.4, 0.5) is 5.82 Å². The van der Waals surface area contributed by atoms with Crippen LogP contribution in [0, 0.1) is 23.7 Å². The summed E-state index contributed by atoms with van der Waals surface area (Å²) >= 11 is 6.06. The average Bonchev–Trinajstić information content (AvgIpc) is 2.65. The largest absolute Gasteiger partial charge is 0.378 e. The van der Waals surface area contributed by atoms with Crippen molar-refractivity contribution in [3.63, 3.8) is 0 Å². The number of pyridine rings is 1. The van der Waals surface area contributed by atoms with E-state index in [-0.39, 0.29) is 0 Å². The lowest BCUT2D eigenvalue weighted by Crippen LogP contribution is -2.39. The van der Waals surface area contributed by atoms with E-state index in [2.05, 4.69) is 47.2 Å². The monoisotopic (exact) mass is 372 g/mol. The molecule has 2 saturated heterocycles. The second-order valence-electron chi connectivity index (χ2n) is 8.03. The molecule has 0 radical (unpaired) electrons. The predicted molar refractivity (Wildman–Crippen MR) is 108 cm³/mol. The highest BCUT2D eigenvalue weighted by atomic mass is 35.5. The number of nitrogens with zero attached hydrogens (tertiary/aromatic N) is 2. The van der Waals surface area contributed by atoms with Gasteiger partial charge in [-0.3, -0.25) is 0 Å². The van der Waals surface area contributed by atoms with Gasteiger partial charge in [-0.15, -0.1) is 0 Å². The van der Waals surface area contributed by atoms with E-state index in [1.165, 1.54) is 25.7 Å². The van der Waals surface area contributed by atoms with Crippen LogP contribution >= 0.6 is 11.6 Å². The lowest BCUT2D eigenvalue weighted by atomic mass is 9.70. The van der Waals surface area contributed by atoms with Gasteiger partial charge in [0.1, 0.15) is 11.0 Å². The molecule has 0 amide bonds. The molecule has 140 valence electrons. The molecule has 26 heavy (non-hydrogen) atoms. The van der Waals surface area contributed by atoms with Crippen LogP contribution in [-0.2, 0) is 4.74 Å². The Hall–Kier alpha value is -1.32. The number of halogens is 1. The molecule has 0 N–H and O–H groups in total. The van der Waals surface area contributed by atoms with Crippen molar-refractivity contribution in [2.24, 2.45) is 23.7 Å². The first-order valence-electron chi connectivity index (χ1n) is 10.0. The van der Waals surface area contributed by atoms with Crippen LogP contribution in [0.15, 0.2) is 42.5 Å². The first-order valence-corrected chi connectivity index (χ1v) is 10.4. The Morgan fingerprint density at radius 3 is 2.65 bits per heavy atom. The van der Waals surface area contributed by atoms with Crippen LogP contribution in [0.1, 0.15) is 32.6 Å². The molecule has 4 rings (SSSR count). The summed E-state index contributed by atoms with van der Waals surface area (Å²) in [6.07, 6.45) is 14.7. The van der Waals surface area contributed by atoms with Crippen molar-refractivity contribution < 1.29 is 4.74 Å². The molecule has 3 heterocycles. The topological polar surface area (TPSA) is 25.4 Å². The van der Waals surface area contributed by atoms with Gasteiger partial charge in [0.15, 0.2) is 0 Å². The number of ether oxygens (including phenoxy) is 1. The van der Waals surface area contributed by atoms with E-state index in [0.29, 0.717) is 29.0 Å². The zero-order valence-electron chi connectivity index (χ0n) is 15.6. The minimum atomic E-state index is 0.488. The Morgan fingerprint density at radius 1 is 1.19 bits per heavy atom. The Kier molecular flexibility index (Phi) is 5.66. The van der Waals surface area contributed by atoms with Crippen LogP contribution in [-0.4, -0.2) is 30.8 Å². The molecule has 3 nitrogen and oxygen atoms in total. The van der Waals surface area contributed by atoms with E-state index in [1.54, 1.807) is 0 Å². The van der Waals surface area contributed by atoms with Crippen molar-refractivity contribution in [1.82, 2.24) is 4.98 Å². The fourth-order valence-corrected chi connectivity index (χ4v) is 4.95. The molecule has 0 saturated carbocycles. The molecule has 2 aliphatic heterocycles. The van der Waals surface area contributed by atoms with Gasteiger partial charge >= 0.3 is 0 Å². The number of anilines is 1. The summed E-state index contributed by atoms with van der Waals surface area (Å²) in [6.45, 7) is 5.56. The number of aromatic nitrogens is 1. The van der Waals surface area contributed by atoms with E-state index in [1.807, 2.05) is 12.1 Å². The van der Waals surface area contributed by atoms with Gasteiger partial charge in [0.05, 0.1) is 6.10 Å². The summed E-state index contributed by atoms with van der Waals surface area (Å²) < 4.78 is 5.70. The molecule has 4 heteroatoms. The molecule has 1 aromatic rings. The Morgan fingerprint density at radius 2 is 1.96 bits per heavy atom. The summed E-state index contributed by atoms with van der Waals surface area (Å²) in [6, 6.07) is 5.90. The summed E-state index contributed by atoms with van der Waals surface area (Å²) in [5, 5.41) is 0.582. The highest BCUT2D eigenvalue weighted by Crippen LogP contribution is 2.39. The normalized spacial score (nSPS) is 30.2. The highest BCUT2D eigenvalue weighted by molar-refractivity contribution is 6.29. The standard InChI is InChI=1S/C22H29ClN2O/c1-16(20-6-3-2-5-18(20)15-19-11-14-26-19)17-9-12-25(13-10-17)22-8-4-7-21(23)24-22/h2-8,16-20H,9-15H2,1H3/t16?,18?,19-,20?/m1/s1. The first kappa shape index (κ1) is 18.1. The minimum absolute atomic E-state index is 0.488. The van der Waals surface area contributed by atoms with E-state index in [0.717, 1.165) is 31.4 Å². The summed E-state index contributed by atoms with van der Waals surface area (Å²) in [7, 11) is 0. The fourth-order valence-electron chi connectivity index (χ4n) is 4.79. The van der Waals surface area contributed by atoms with Gasteiger partial charge in [0.2, 0.25) is 0 Å². The van der Waals surface area contributed by atoms with Gasteiger partial charge in [0, 0.05) is 19.7 Å². The number of allylic oxidation sites excluding steroid dienone is 4. The maximum absolute atomic E-state index is 6.06. The summed E-state index contributed by atoms with van der Waals surface area (Å²) in [5.41, 5.74) is 0. The third-order valence-electron chi connectivity index (χ3n) is 6.54. The Bertz CT molecular complexity index is 662. The second kappa shape index (κ2) is 8.14. The van der Waals surface area contributed by atoms with Crippen molar-refractivity contribution in [3.05, 3.63) is 47.7 Å². The van der Waals surface area contributed by atoms with E-state index < -0.39 is 0 Å². The SMILES string of the molecule is CC(C1CCN(c2cccc(Cl)n2)CC1)C1C=CC=CC1C[C@H]1CCO1. The average molecular weight is 373 g/mol. The molecule has 4 atom stereocenters. The zero-order valence-corrected chi connectivity index (χ0v) is 16.3. The number of hydrogen-bond acceptors (Lipinski definition) is 3. The number of hydrogen-bond donors (Lipinski definition) is 0. The molecule has 1 aliphatic carbocycles. The van der Waals surface area contributed by atoms with Gasteiger partial charge in [0.25, 0.3) is 0 Å². The number of piperidine rings is 1. The van der Waals surface area contributed by atoms with Gasteiger partial charge in [-0.1, -0.05) is 48.9 Å². The molecule has 0 spiro atoms. The Balaban J connectivity index is 1.35. The maximum atomic E-state index is 6.06.